The number of anilines is 2. The third kappa shape index (κ3) is 4.76. The number of fused-ring (bicyclic) bond motifs is 1. The lowest BCUT2D eigenvalue weighted by molar-refractivity contribution is 0.0697. The fourth-order valence-electron chi connectivity index (χ4n) is 4.56. The maximum atomic E-state index is 13.5. The number of aromatic nitrogens is 2. The number of benzene rings is 2. The number of nitrogens with one attached hydrogen (secondary N) is 1. The lowest BCUT2D eigenvalue weighted by Gasteiger charge is -2.38. The van der Waals surface area contributed by atoms with Crippen LogP contribution in [0.25, 0.3) is 10.9 Å². The smallest absolute Gasteiger partial charge is 0.337 e. The Kier molecular flexibility index (Phi) is 6.34. The van der Waals surface area contributed by atoms with Crippen molar-refractivity contribution < 1.29 is 14.3 Å². The van der Waals surface area contributed by atoms with Crippen LogP contribution in [0.4, 0.5) is 16.0 Å². The highest BCUT2D eigenvalue weighted by atomic mass is 19.1. The summed E-state index contributed by atoms with van der Waals surface area (Å²) < 4.78 is 15.1. The molecule has 0 atom stereocenters. The van der Waals surface area contributed by atoms with E-state index in [0.717, 1.165) is 43.1 Å². The van der Waals surface area contributed by atoms with Crippen LogP contribution in [0.2, 0.25) is 0 Å². The average Bonchev–Trinajstić information content (AvgIpc) is 2.77. The maximum Gasteiger partial charge on any atom is 0.337 e. The molecule has 34 heavy (non-hydrogen) atoms. The summed E-state index contributed by atoms with van der Waals surface area (Å²) in [5, 5.41) is 13.0. The number of nitrogens with zero attached hydrogens (tertiary/aromatic N) is 3. The van der Waals surface area contributed by atoms with Gasteiger partial charge in [-0.25, -0.2) is 14.2 Å². The Morgan fingerprint density at radius 1 is 1.21 bits per heavy atom. The van der Waals surface area contributed by atoms with Crippen molar-refractivity contribution in [3.63, 3.8) is 0 Å². The summed E-state index contributed by atoms with van der Waals surface area (Å²) in [7, 11) is 1.77. The predicted molar refractivity (Wildman–Crippen MR) is 133 cm³/mol. The molecule has 0 bridgehead atoms. The third-order valence-electron chi connectivity index (χ3n) is 6.70. The van der Waals surface area contributed by atoms with Crippen molar-refractivity contribution in [2.24, 2.45) is 12.5 Å². The summed E-state index contributed by atoms with van der Waals surface area (Å²) in [6.07, 6.45) is 2.60. The molecule has 1 aliphatic heterocycles. The summed E-state index contributed by atoms with van der Waals surface area (Å²) in [5.74, 6) is -1.11. The number of carboxylic acids is 1. The predicted octanol–water partition coefficient (Wildman–Crippen LogP) is 4.36. The van der Waals surface area contributed by atoms with Crippen molar-refractivity contribution >= 4 is 28.5 Å². The molecule has 1 aliphatic rings. The molecular formula is C26H31FN4O3. The molecule has 2 heterocycles. The Hall–Kier alpha value is -3.42. The number of piperidine rings is 1. The minimum absolute atomic E-state index is 0.0746. The van der Waals surface area contributed by atoms with Crippen LogP contribution in [0.5, 0.6) is 0 Å². The molecule has 7 nitrogen and oxygen atoms in total. The maximum absolute atomic E-state index is 13.5. The van der Waals surface area contributed by atoms with Crippen molar-refractivity contribution in [2.45, 2.75) is 40.0 Å². The fraction of sp³-hybridized carbons (Fsp3) is 0.423. The van der Waals surface area contributed by atoms with Crippen LogP contribution >= 0.6 is 0 Å². The van der Waals surface area contributed by atoms with Gasteiger partial charge in [0.2, 0.25) is 5.95 Å². The molecule has 2 aromatic carbocycles. The summed E-state index contributed by atoms with van der Waals surface area (Å²) >= 11 is 0. The highest BCUT2D eigenvalue weighted by molar-refractivity contribution is 5.94. The number of rotatable bonds is 6. The van der Waals surface area contributed by atoms with E-state index in [9.17, 15) is 19.1 Å². The van der Waals surface area contributed by atoms with E-state index in [1.54, 1.807) is 11.6 Å². The summed E-state index contributed by atoms with van der Waals surface area (Å²) in [4.78, 5) is 31.9. The van der Waals surface area contributed by atoms with Gasteiger partial charge in [0.05, 0.1) is 16.5 Å². The van der Waals surface area contributed by atoms with Gasteiger partial charge in [-0.1, -0.05) is 19.9 Å². The lowest BCUT2D eigenvalue weighted by atomic mass is 9.83. The van der Waals surface area contributed by atoms with Gasteiger partial charge in [-0.15, -0.1) is 0 Å². The molecule has 0 saturated carbocycles. The molecule has 0 unspecified atom stereocenters. The van der Waals surface area contributed by atoms with Crippen molar-refractivity contribution in [2.75, 3.05) is 29.9 Å². The Morgan fingerprint density at radius 2 is 1.91 bits per heavy atom. The molecule has 2 N–H and O–H groups in total. The van der Waals surface area contributed by atoms with E-state index in [1.807, 2.05) is 19.1 Å². The number of carbonyl (C=O) groups is 1. The van der Waals surface area contributed by atoms with E-state index in [0.29, 0.717) is 35.5 Å². The number of hydrogen-bond donors (Lipinski definition) is 2. The quantitative estimate of drug-likeness (QED) is 0.561. The van der Waals surface area contributed by atoms with E-state index in [2.05, 4.69) is 24.1 Å². The van der Waals surface area contributed by atoms with Crippen LogP contribution in [0.1, 0.15) is 48.2 Å². The van der Waals surface area contributed by atoms with Gasteiger partial charge in [-0.3, -0.25) is 9.36 Å². The van der Waals surface area contributed by atoms with Gasteiger partial charge in [-0.2, -0.15) is 0 Å². The first-order valence-corrected chi connectivity index (χ1v) is 11.6. The standard InChI is InChI=1S/C26H31FN4O3/c1-16-13-17(7-10-28-21-6-5-18(27)15-19(21)24(33)34)22-20(14-16)23(32)30(4)25(29-22)31-11-8-26(2,3)9-12-31/h5-6,13-15,28H,7-12H2,1-4H3,(H,33,34). The molecule has 8 heteroatoms. The van der Waals surface area contributed by atoms with Crippen LogP contribution in [0.15, 0.2) is 35.1 Å². The molecule has 1 saturated heterocycles. The zero-order valence-corrected chi connectivity index (χ0v) is 20.1. The van der Waals surface area contributed by atoms with E-state index in [-0.39, 0.29) is 16.5 Å². The van der Waals surface area contributed by atoms with Crippen LogP contribution in [-0.4, -0.2) is 40.3 Å². The molecule has 0 radical (unpaired) electrons. The van der Waals surface area contributed by atoms with Crippen LogP contribution in [-0.2, 0) is 13.5 Å². The number of halogens is 1. The zero-order valence-electron chi connectivity index (χ0n) is 20.1. The Morgan fingerprint density at radius 3 is 2.59 bits per heavy atom. The van der Waals surface area contributed by atoms with Gasteiger partial charge in [0, 0.05) is 32.4 Å². The van der Waals surface area contributed by atoms with Gasteiger partial charge in [-0.05, 0) is 67.0 Å². The first kappa shape index (κ1) is 23.7. The van der Waals surface area contributed by atoms with Crippen LogP contribution in [0.3, 0.4) is 0 Å². The fourth-order valence-corrected chi connectivity index (χ4v) is 4.56. The molecule has 0 spiro atoms. The summed E-state index contributed by atoms with van der Waals surface area (Å²) in [6.45, 7) is 8.59. The highest BCUT2D eigenvalue weighted by Gasteiger charge is 2.27. The largest absolute Gasteiger partial charge is 0.478 e. The number of carboxylic acid groups (broad SMARTS) is 1. The average molecular weight is 467 g/mol. The number of aryl methyl sites for hydroxylation is 1. The lowest BCUT2D eigenvalue weighted by Crippen LogP contribution is -2.40. The zero-order chi connectivity index (χ0) is 24.6. The number of aromatic carboxylic acids is 1. The van der Waals surface area contributed by atoms with E-state index in [1.165, 1.54) is 12.1 Å². The van der Waals surface area contributed by atoms with Gasteiger partial charge in [0.25, 0.3) is 5.56 Å². The molecule has 0 amide bonds. The molecule has 180 valence electrons. The molecular weight excluding hydrogens is 435 g/mol. The van der Waals surface area contributed by atoms with Crippen molar-refractivity contribution in [1.82, 2.24) is 9.55 Å². The van der Waals surface area contributed by atoms with E-state index in [4.69, 9.17) is 4.98 Å². The highest BCUT2D eigenvalue weighted by Crippen LogP contribution is 2.32. The summed E-state index contributed by atoms with van der Waals surface area (Å²) in [5.41, 5.74) is 3.00. The van der Waals surface area contributed by atoms with E-state index < -0.39 is 11.8 Å². The topological polar surface area (TPSA) is 87.5 Å². The van der Waals surface area contributed by atoms with Crippen molar-refractivity contribution in [1.29, 1.82) is 0 Å². The molecule has 0 aliphatic carbocycles. The second-order valence-corrected chi connectivity index (χ2v) is 9.92. The monoisotopic (exact) mass is 466 g/mol. The van der Waals surface area contributed by atoms with Gasteiger partial charge in [0.15, 0.2) is 0 Å². The molecule has 4 rings (SSSR count). The van der Waals surface area contributed by atoms with Gasteiger partial charge >= 0.3 is 5.97 Å². The first-order chi connectivity index (χ1) is 16.1. The Bertz CT molecular complexity index is 1310. The minimum atomic E-state index is -1.19. The second kappa shape index (κ2) is 9.08. The normalized spacial score (nSPS) is 15.5. The Balaban J connectivity index is 1.65. The van der Waals surface area contributed by atoms with Gasteiger partial charge < -0.3 is 15.3 Å². The minimum Gasteiger partial charge on any atom is -0.478 e. The van der Waals surface area contributed by atoms with E-state index >= 15 is 0 Å². The van der Waals surface area contributed by atoms with Crippen molar-refractivity contribution in [3.8, 4) is 0 Å². The molecule has 3 aromatic rings. The van der Waals surface area contributed by atoms with Crippen molar-refractivity contribution in [3.05, 3.63) is 63.2 Å². The molecule has 1 fully saturated rings. The number of hydrogen-bond acceptors (Lipinski definition) is 5. The van der Waals surface area contributed by atoms with Gasteiger partial charge in [0.1, 0.15) is 5.82 Å². The summed E-state index contributed by atoms with van der Waals surface area (Å²) in [6, 6.07) is 7.55. The van der Waals surface area contributed by atoms with Crippen LogP contribution < -0.4 is 15.8 Å². The molecule has 1 aromatic heterocycles. The van der Waals surface area contributed by atoms with Crippen LogP contribution in [0, 0.1) is 18.2 Å². The first-order valence-electron chi connectivity index (χ1n) is 11.6. The third-order valence-corrected chi connectivity index (χ3v) is 6.70. The Labute approximate surface area is 198 Å². The second-order valence-electron chi connectivity index (χ2n) is 9.92. The SMILES string of the molecule is Cc1cc(CCNc2ccc(F)cc2C(=O)O)c2nc(N3CCC(C)(C)CC3)n(C)c(=O)c2c1.